The van der Waals surface area contributed by atoms with Gasteiger partial charge in [-0.25, -0.2) is 4.98 Å². The van der Waals surface area contributed by atoms with Crippen molar-refractivity contribution in [1.29, 1.82) is 0 Å². The molecule has 2 aromatic rings. The first-order valence-corrected chi connectivity index (χ1v) is 7.01. The number of hydrogen-bond donors (Lipinski definition) is 1. The van der Waals surface area contributed by atoms with Crippen LogP contribution in [0.1, 0.15) is 30.8 Å². The van der Waals surface area contributed by atoms with E-state index in [0.717, 1.165) is 18.8 Å². The van der Waals surface area contributed by atoms with E-state index in [0.29, 0.717) is 18.3 Å². The van der Waals surface area contributed by atoms with E-state index in [1.807, 2.05) is 19.9 Å². The third-order valence-electron chi connectivity index (χ3n) is 3.01. The topological polar surface area (TPSA) is 47.0 Å². The predicted octanol–water partition coefficient (Wildman–Crippen LogP) is 3.36. The van der Waals surface area contributed by atoms with E-state index in [1.165, 1.54) is 11.1 Å². The second kappa shape index (κ2) is 6.89. The van der Waals surface area contributed by atoms with Gasteiger partial charge in [0.2, 0.25) is 5.88 Å². The van der Waals surface area contributed by atoms with Gasteiger partial charge in [0.05, 0.1) is 6.61 Å². The van der Waals surface area contributed by atoms with Gasteiger partial charge in [-0.2, -0.15) is 4.98 Å². The van der Waals surface area contributed by atoms with E-state index in [1.54, 1.807) is 0 Å². The molecule has 0 saturated carbocycles. The fourth-order valence-electron chi connectivity index (χ4n) is 1.94. The summed E-state index contributed by atoms with van der Waals surface area (Å²) in [6, 6.07) is 10.4. The molecule has 20 heavy (non-hydrogen) atoms. The van der Waals surface area contributed by atoms with Gasteiger partial charge in [0.25, 0.3) is 0 Å². The quantitative estimate of drug-likeness (QED) is 0.875. The molecule has 1 aromatic carbocycles. The molecule has 0 radical (unpaired) electrons. The van der Waals surface area contributed by atoms with Gasteiger partial charge < -0.3 is 10.1 Å². The smallest absolute Gasteiger partial charge is 0.218 e. The molecule has 4 nitrogen and oxygen atoms in total. The number of anilines is 1. The van der Waals surface area contributed by atoms with Crippen molar-refractivity contribution in [3.63, 3.8) is 0 Å². The fourth-order valence-corrected chi connectivity index (χ4v) is 1.94. The van der Waals surface area contributed by atoms with Crippen LogP contribution < -0.4 is 10.1 Å². The summed E-state index contributed by atoms with van der Waals surface area (Å²) >= 11 is 0. The average molecular weight is 271 g/mol. The van der Waals surface area contributed by atoms with Gasteiger partial charge in [-0.05, 0) is 31.4 Å². The molecular weight excluding hydrogens is 250 g/mol. The lowest BCUT2D eigenvalue weighted by Gasteiger charge is -2.09. The summed E-state index contributed by atoms with van der Waals surface area (Å²) in [6.45, 7) is 7.32. The molecule has 0 unspecified atom stereocenters. The molecule has 0 fully saturated rings. The van der Waals surface area contributed by atoms with Gasteiger partial charge in [0.15, 0.2) is 0 Å². The van der Waals surface area contributed by atoms with Crippen LogP contribution in [-0.2, 0) is 13.0 Å². The number of benzene rings is 1. The SMILES string of the molecule is CCOc1cc(NCc2ccc(CC)cc2)nc(C)n1. The van der Waals surface area contributed by atoms with Crippen LogP contribution >= 0.6 is 0 Å². The number of nitrogens with zero attached hydrogens (tertiary/aromatic N) is 2. The summed E-state index contributed by atoms with van der Waals surface area (Å²) in [5.74, 6) is 2.11. The highest BCUT2D eigenvalue weighted by Gasteiger charge is 2.02. The van der Waals surface area contributed by atoms with Crippen molar-refractivity contribution in [1.82, 2.24) is 9.97 Å². The first-order valence-electron chi connectivity index (χ1n) is 7.01. The monoisotopic (exact) mass is 271 g/mol. The molecule has 0 aliphatic carbocycles. The van der Waals surface area contributed by atoms with Crippen LogP contribution in [0.3, 0.4) is 0 Å². The molecule has 0 spiro atoms. The minimum absolute atomic E-state index is 0.606. The van der Waals surface area contributed by atoms with Gasteiger partial charge in [0, 0.05) is 12.6 Å². The van der Waals surface area contributed by atoms with Crippen LogP contribution in [-0.4, -0.2) is 16.6 Å². The summed E-state index contributed by atoms with van der Waals surface area (Å²) in [7, 11) is 0. The van der Waals surface area contributed by atoms with E-state index in [2.05, 4.69) is 46.5 Å². The van der Waals surface area contributed by atoms with Crippen LogP contribution in [0.4, 0.5) is 5.82 Å². The van der Waals surface area contributed by atoms with E-state index in [4.69, 9.17) is 4.74 Å². The molecule has 106 valence electrons. The standard InChI is InChI=1S/C16H21N3O/c1-4-13-6-8-14(9-7-13)11-17-15-10-16(20-5-2)19-12(3)18-15/h6-10H,4-5,11H2,1-3H3,(H,17,18,19). The Morgan fingerprint density at radius 2 is 1.75 bits per heavy atom. The van der Waals surface area contributed by atoms with E-state index in [9.17, 15) is 0 Å². The van der Waals surface area contributed by atoms with Crippen LogP contribution in [0, 0.1) is 6.92 Å². The Morgan fingerprint density at radius 1 is 1.05 bits per heavy atom. The summed E-state index contributed by atoms with van der Waals surface area (Å²) in [5, 5.41) is 3.31. The zero-order valence-corrected chi connectivity index (χ0v) is 12.3. The normalized spacial score (nSPS) is 10.3. The first-order chi connectivity index (χ1) is 9.71. The minimum Gasteiger partial charge on any atom is -0.478 e. The lowest BCUT2D eigenvalue weighted by Crippen LogP contribution is -2.05. The van der Waals surface area contributed by atoms with Crippen LogP contribution in [0.15, 0.2) is 30.3 Å². The minimum atomic E-state index is 0.606. The highest BCUT2D eigenvalue weighted by molar-refractivity contribution is 5.39. The largest absolute Gasteiger partial charge is 0.478 e. The Morgan fingerprint density at radius 3 is 2.40 bits per heavy atom. The molecule has 1 aromatic heterocycles. The number of hydrogen-bond acceptors (Lipinski definition) is 4. The van der Waals surface area contributed by atoms with E-state index < -0.39 is 0 Å². The molecule has 4 heteroatoms. The van der Waals surface area contributed by atoms with Crippen molar-refractivity contribution in [2.75, 3.05) is 11.9 Å². The Kier molecular flexibility index (Phi) is 4.93. The lowest BCUT2D eigenvalue weighted by atomic mass is 10.1. The van der Waals surface area contributed by atoms with Gasteiger partial charge in [-0.15, -0.1) is 0 Å². The second-order valence-corrected chi connectivity index (χ2v) is 4.60. The lowest BCUT2D eigenvalue weighted by molar-refractivity contribution is 0.325. The molecule has 0 bridgehead atoms. The third-order valence-corrected chi connectivity index (χ3v) is 3.01. The van der Waals surface area contributed by atoms with Gasteiger partial charge >= 0.3 is 0 Å². The second-order valence-electron chi connectivity index (χ2n) is 4.60. The molecule has 0 atom stereocenters. The molecule has 2 rings (SSSR count). The van der Waals surface area contributed by atoms with Gasteiger partial charge in [0.1, 0.15) is 11.6 Å². The number of nitrogens with one attached hydrogen (secondary N) is 1. The summed E-state index contributed by atoms with van der Waals surface area (Å²) < 4.78 is 5.42. The fraction of sp³-hybridized carbons (Fsp3) is 0.375. The van der Waals surface area contributed by atoms with Crippen molar-refractivity contribution in [3.05, 3.63) is 47.3 Å². The molecule has 1 N–H and O–H groups in total. The molecule has 0 saturated heterocycles. The summed E-state index contributed by atoms with van der Waals surface area (Å²) in [6.07, 6.45) is 1.07. The molecule has 1 heterocycles. The maximum Gasteiger partial charge on any atom is 0.218 e. The number of aryl methyl sites for hydroxylation is 2. The molecular formula is C16H21N3O. The Bertz CT molecular complexity index is 552. The molecule has 0 aliphatic rings. The first kappa shape index (κ1) is 14.3. The van der Waals surface area contributed by atoms with Gasteiger partial charge in [-0.1, -0.05) is 31.2 Å². The van der Waals surface area contributed by atoms with Crippen molar-refractivity contribution in [2.24, 2.45) is 0 Å². The average Bonchev–Trinajstić information content (AvgIpc) is 2.45. The van der Waals surface area contributed by atoms with E-state index in [-0.39, 0.29) is 0 Å². The van der Waals surface area contributed by atoms with Gasteiger partial charge in [-0.3, -0.25) is 0 Å². The zero-order chi connectivity index (χ0) is 14.4. The van der Waals surface area contributed by atoms with Crippen molar-refractivity contribution in [3.8, 4) is 5.88 Å². The maximum absolute atomic E-state index is 5.42. The number of rotatable bonds is 6. The van der Waals surface area contributed by atoms with Crippen molar-refractivity contribution >= 4 is 5.82 Å². The van der Waals surface area contributed by atoms with Crippen molar-refractivity contribution < 1.29 is 4.74 Å². The van der Waals surface area contributed by atoms with Crippen molar-refractivity contribution in [2.45, 2.75) is 33.7 Å². The summed E-state index contributed by atoms with van der Waals surface area (Å²) in [5.41, 5.74) is 2.58. The number of ether oxygens (including phenoxy) is 1. The molecule has 0 aliphatic heterocycles. The maximum atomic E-state index is 5.42. The van der Waals surface area contributed by atoms with Crippen LogP contribution in [0.5, 0.6) is 5.88 Å². The Balaban J connectivity index is 2.02. The highest BCUT2D eigenvalue weighted by Crippen LogP contribution is 2.14. The third kappa shape index (κ3) is 3.95. The zero-order valence-electron chi connectivity index (χ0n) is 12.3. The number of aromatic nitrogens is 2. The highest BCUT2D eigenvalue weighted by atomic mass is 16.5. The Hall–Kier alpha value is -2.10. The van der Waals surface area contributed by atoms with E-state index >= 15 is 0 Å². The van der Waals surface area contributed by atoms with Crippen LogP contribution in [0.25, 0.3) is 0 Å². The molecule has 0 amide bonds. The van der Waals surface area contributed by atoms with Crippen LogP contribution in [0.2, 0.25) is 0 Å². The summed E-state index contributed by atoms with van der Waals surface area (Å²) in [4.78, 5) is 8.59. The Labute approximate surface area is 120 Å². The predicted molar refractivity (Wildman–Crippen MR) is 81.1 cm³/mol.